The molecule has 0 spiro atoms. The Bertz CT molecular complexity index is 655. The molecule has 7 heteroatoms. The van der Waals surface area contributed by atoms with E-state index in [1.165, 1.54) is 0 Å². The van der Waals surface area contributed by atoms with Gasteiger partial charge in [0.2, 0.25) is 5.82 Å². The quantitative estimate of drug-likeness (QED) is 0.852. The van der Waals surface area contributed by atoms with E-state index < -0.39 is 12.0 Å². The molecule has 0 fully saturated rings. The Balaban J connectivity index is 2.34. The Hall–Kier alpha value is -1.92. The molecule has 0 aliphatic carbocycles. The van der Waals surface area contributed by atoms with Crippen LogP contribution in [-0.2, 0) is 6.42 Å². The molecule has 1 amide bonds. The third-order valence-corrected chi connectivity index (χ3v) is 3.31. The number of halogens is 1. The molecule has 22 heavy (non-hydrogen) atoms. The summed E-state index contributed by atoms with van der Waals surface area (Å²) >= 11 is 6.20. The molecule has 1 aromatic carbocycles. The van der Waals surface area contributed by atoms with E-state index >= 15 is 0 Å². The van der Waals surface area contributed by atoms with Crippen LogP contribution in [0.2, 0.25) is 5.02 Å². The van der Waals surface area contributed by atoms with Gasteiger partial charge in [0, 0.05) is 13.0 Å². The topological polar surface area (TPSA) is 80.0 Å². The Labute approximate surface area is 134 Å². The van der Waals surface area contributed by atoms with Crippen LogP contribution in [0.15, 0.2) is 24.3 Å². The zero-order chi connectivity index (χ0) is 16.1. The average Bonchev–Trinajstić information content (AvgIpc) is 2.89. The Morgan fingerprint density at radius 3 is 2.82 bits per heavy atom. The number of rotatable bonds is 6. The molecule has 118 valence electrons. The van der Waals surface area contributed by atoms with Crippen LogP contribution in [0.5, 0.6) is 0 Å². The first-order valence-electron chi connectivity index (χ1n) is 7.20. The van der Waals surface area contributed by atoms with Crippen LogP contribution in [0.1, 0.15) is 36.7 Å². The lowest BCUT2D eigenvalue weighted by molar-refractivity contribution is 0.0913. The Morgan fingerprint density at radius 1 is 1.45 bits per heavy atom. The van der Waals surface area contributed by atoms with E-state index in [-0.39, 0.29) is 12.4 Å². The van der Waals surface area contributed by atoms with Gasteiger partial charge in [0.15, 0.2) is 0 Å². The summed E-state index contributed by atoms with van der Waals surface area (Å²) in [7, 11) is 0. The van der Waals surface area contributed by atoms with Crippen LogP contribution in [0, 0.1) is 0 Å². The van der Waals surface area contributed by atoms with Crippen molar-refractivity contribution in [3.63, 3.8) is 0 Å². The summed E-state index contributed by atoms with van der Waals surface area (Å²) in [5.41, 5.74) is 0.690. The normalized spacial score (nSPS) is 12.2. The van der Waals surface area contributed by atoms with Crippen LogP contribution in [0.3, 0.4) is 0 Å². The molecule has 0 aliphatic rings. The number of carbonyl (C=O) groups is 1. The van der Waals surface area contributed by atoms with E-state index in [2.05, 4.69) is 15.4 Å². The van der Waals surface area contributed by atoms with Gasteiger partial charge in [-0.3, -0.25) is 4.79 Å². The van der Waals surface area contributed by atoms with Gasteiger partial charge in [-0.05, 0) is 25.5 Å². The van der Waals surface area contributed by atoms with Gasteiger partial charge < -0.3 is 10.4 Å². The second-order valence-corrected chi connectivity index (χ2v) is 5.43. The second-order valence-electron chi connectivity index (χ2n) is 5.02. The number of aryl methyl sites for hydroxylation is 1. The van der Waals surface area contributed by atoms with Crippen molar-refractivity contribution in [3.8, 4) is 5.69 Å². The molecule has 1 unspecified atom stereocenters. The van der Waals surface area contributed by atoms with Gasteiger partial charge in [0.05, 0.1) is 16.8 Å². The number of aromatic nitrogens is 3. The summed E-state index contributed by atoms with van der Waals surface area (Å²) in [6.07, 6.45) is 0.935. The average molecular weight is 323 g/mol. The molecule has 0 aliphatic heterocycles. The molecule has 1 aromatic heterocycles. The maximum Gasteiger partial charge on any atom is 0.291 e. The number of aliphatic hydroxyl groups excluding tert-OH is 1. The molecular formula is C15H19ClN4O2. The van der Waals surface area contributed by atoms with Crippen LogP contribution in [0.25, 0.3) is 5.69 Å². The van der Waals surface area contributed by atoms with Crippen molar-refractivity contribution in [3.05, 3.63) is 40.9 Å². The predicted molar refractivity (Wildman–Crippen MR) is 84.4 cm³/mol. The third-order valence-electron chi connectivity index (χ3n) is 2.99. The number of hydrogen-bond donors (Lipinski definition) is 2. The molecule has 0 saturated heterocycles. The van der Waals surface area contributed by atoms with E-state index in [4.69, 9.17) is 11.6 Å². The van der Waals surface area contributed by atoms with E-state index in [1.807, 2.05) is 25.1 Å². The smallest absolute Gasteiger partial charge is 0.291 e. The highest BCUT2D eigenvalue weighted by Gasteiger charge is 2.18. The minimum absolute atomic E-state index is 0.0732. The van der Waals surface area contributed by atoms with E-state index in [0.29, 0.717) is 23.0 Å². The van der Waals surface area contributed by atoms with Gasteiger partial charge in [-0.15, -0.1) is 5.10 Å². The zero-order valence-electron chi connectivity index (χ0n) is 12.6. The number of benzene rings is 1. The number of para-hydroxylation sites is 1. The zero-order valence-corrected chi connectivity index (χ0v) is 13.3. The molecule has 2 aromatic rings. The van der Waals surface area contributed by atoms with Crippen LogP contribution >= 0.6 is 11.6 Å². The van der Waals surface area contributed by atoms with Crippen molar-refractivity contribution >= 4 is 17.5 Å². The number of nitrogens with one attached hydrogen (secondary N) is 1. The summed E-state index contributed by atoms with van der Waals surface area (Å²) in [6, 6.07) is 7.28. The fraction of sp³-hybridized carbons (Fsp3) is 0.400. The van der Waals surface area contributed by atoms with E-state index in [0.717, 1.165) is 6.42 Å². The number of aliphatic hydroxyl groups is 1. The van der Waals surface area contributed by atoms with Gasteiger partial charge in [-0.25, -0.2) is 9.67 Å². The monoisotopic (exact) mass is 322 g/mol. The van der Waals surface area contributed by atoms with E-state index in [1.54, 1.807) is 17.7 Å². The van der Waals surface area contributed by atoms with Crippen LogP contribution < -0.4 is 5.32 Å². The number of amides is 1. The molecule has 1 heterocycles. The molecule has 0 radical (unpaired) electrons. The van der Waals surface area contributed by atoms with Crippen molar-refractivity contribution in [2.75, 3.05) is 6.54 Å². The standard InChI is InChI=1S/C15H19ClN4O2/c1-3-6-13-18-14(15(22)17-9-10(2)21)19-20(13)12-8-5-4-7-11(12)16/h4-5,7-8,10,21H,3,6,9H2,1-2H3,(H,17,22). The maximum absolute atomic E-state index is 12.0. The third kappa shape index (κ3) is 3.84. The van der Waals surface area contributed by atoms with E-state index in [9.17, 15) is 9.90 Å². The van der Waals surface area contributed by atoms with Gasteiger partial charge in [0.1, 0.15) is 5.82 Å². The van der Waals surface area contributed by atoms with Crippen molar-refractivity contribution < 1.29 is 9.90 Å². The first kappa shape index (κ1) is 16.5. The first-order chi connectivity index (χ1) is 10.5. The van der Waals surface area contributed by atoms with Crippen LogP contribution in [0.4, 0.5) is 0 Å². The van der Waals surface area contributed by atoms with Crippen LogP contribution in [-0.4, -0.2) is 38.4 Å². The second kappa shape index (κ2) is 7.38. The van der Waals surface area contributed by atoms with Gasteiger partial charge >= 0.3 is 0 Å². The predicted octanol–water partition coefficient (Wildman–Crippen LogP) is 1.98. The Kier molecular flexibility index (Phi) is 5.51. The fourth-order valence-corrected chi connectivity index (χ4v) is 2.18. The molecule has 1 atom stereocenters. The highest BCUT2D eigenvalue weighted by atomic mass is 35.5. The maximum atomic E-state index is 12.0. The lowest BCUT2D eigenvalue weighted by Crippen LogP contribution is -2.31. The number of hydrogen-bond acceptors (Lipinski definition) is 4. The highest BCUT2D eigenvalue weighted by Crippen LogP contribution is 2.21. The summed E-state index contributed by atoms with van der Waals surface area (Å²) in [5.74, 6) is 0.339. The van der Waals surface area contributed by atoms with Gasteiger partial charge in [-0.2, -0.15) is 0 Å². The Morgan fingerprint density at radius 2 is 2.18 bits per heavy atom. The minimum atomic E-state index is -0.621. The van der Waals surface area contributed by atoms with Crippen molar-refractivity contribution in [1.29, 1.82) is 0 Å². The summed E-state index contributed by atoms with van der Waals surface area (Å²) in [6.45, 7) is 3.78. The van der Waals surface area contributed by atoms with Gasteiger partial charge in [0.25, 0.3) is 5.91 Å². The highest BCUT2D eigenvalue weighted by molar-refractivity contribution is 6.32. The van der Waals surface area contributed by atoms with Crippen molar-refractivity contribution in [1.82, 2.24) is 20.1 Å². The summed E-state index contributed by atoms with van der Waals surface area (Å²) in [5, 5.41) is 16.6. The van der Waals surface area contributed by atoms with Gasteiger partial charge in [-0.1, -0.05) is 30.7 Å². The first-order valence-corrected chi connectivity index (χ1v) is 7.57. The molecule has 6 nitrogen and oxygen atoms in total. The lowest BCUT2D eigenvalue weighted by atomic mass is 10.3. The molecule has 2 rings (SSSR count). The summed E-state index contributed by atoms with van der Waals surface area (Å²) in [4.78, 5) is 16.3. The summed E-state index contributed by atoms with van der Waals surface area (Å²) < 4.78 is 1.60. The molecular weight excluding hydrogens is 304 g/mol. The molecule has 2 N–H and O–H groups in total. The SMILES string of the molecule is CCCc1nc(C(=O)NCC(C)O)nn1-c1ccccc1Cl. The van der Waals surface area contributed by atoms with Crippen molar-refractivity contribution in [2.45, 2.75) is 32.8 Å². The van der Waals surface area contributed by atoms with Crippen molar-refractivity contribution in [2.24, 2.45) is 0 Å². The largest absolute Gasteiger partial charge is 0.392 e. The lowest BCUT2D eigenvalue weighted by Gasteiger charge is -2.06. The molecule has 0 saturated carbocycles. The number of carbonyl (C=O) groups excluding carboxylic acids is 1. The minimum Gasteiger partial charge on any atom is -0.392 e. The number of nitrogens with zero attached hydrogens (tertiary/aromatic N) is 3. The fourth-order valence-electron chi connectivity index (χ4n) is 1.96. The molecule has 0 bridgehead atoms.